The molecule has 0 aliphatic carbocycles. The maximum absolute atomic E-state index is 8.20. The summed E-state index contributed by atoms with van der Waals surface area (Å²) in [5, 5.41) is 8.20. The van der Waals surface area contributed by atoms with Crippen LogP contribution in [0.5, 0.6) is 0 Å². The number of rotatable bonds is 6. The Bertz CT molecular complexity index is 173. The lowest BCUT2D eigenvalue weighted by atomic mass is 10.2. The monoisotopic (exact) mass is 199 g/mol. The molecule has 0 N–H and O–H groups in total. The predicted molar refractivity (Wildman–Crippen MR) is 50.6 cm³/mol. The van der Waals surface area contributed by atoms with Crippen LogP contribution in [0.1, 0.15) is 25.7 Å². The van der Waals surface area contributed by atoms with Crippen molar-refractivity contribution in [3.8, 4) is 6.07 Å². The van der Waals surface area contributed by atoms with E-state index < -0.39 is 0 Å². The van der Waals surface area contributed by atoms with Gasteiger partial charge in [-0.2, -0.15) is 5.26 Å². The highest BCUT2D eigenvalue weighted by molar-refractivity contribution is 4.66. The Labute approximate surface area is 84.8 Å². The van der Waals surface area contributed by atoms with Crippen LogP contribution in [0.4, 0.5) is 0 Å². The number of ether oxygens (including phenoxy) is 3. The van der Waals surface area contributed by atoms with E-state index in [1.807, 2.05) is 6.07 Å². The van der Waals surface area contributed by atoms with Crippen LogP contribution in [0.15, 0.2) is 0 Å². The summed E-state index contributed by atoms with van der Waals surface area (Å²) in [7, 11) is 0. The molecule has 0 aromatic carbocycles. The summed E-state index contributed by atoms with van der Waals surface area (Å²) in [6.07, 6.45) is 4.14. The third-order valence-electron chi connectivity index (χ3n) is 2.04. The van der Waals surface area contributed by atoms with Crippen molar-refractivity contribution in [2.75, 3.05) is 26.4 Å². The van der Waals surface area contributed by atoms with Gasteiger partial charge in [-0.25, -0.2) is 0 Å². The van der Waals surface area contributed by atoms with Gasteiger partial charge in [0.1, 0.15) is 6.61 Å². The van der Waals surface area contributed by atoms with Crippen LogP contribution in [0.2, 0.25) is 0 Å². The van der Waals surface area contributed by atoms with E-state index in [0.29, 0.717) is 13.2 Å². The Balaban J connectivity index is 1.85. The zero-order chi connectivity index (χ0) is 10.1. The van der Waals surface area contributed by atoms with E-state index in [-0.39, 0.29) is 12.9 Å². The highest BCUT2D eigenvalue weighted by Crippen LogP contribution is 2.13. The first-order chi connectivity index (χ1) is 6.93. The highest BCUT2D eigenvalue weighted by Gasteiger charge is 2.13. The first-order valence-electron chi connectivity index (χ1n) is 5.11. The summed E-state index contributed by atoms with van der Waals surface area (Å²) in [4.78, 5) is 0. The molecule has 14 heavy (non-hydrogen) atoms. The van der Waals surface area contributed by atoms with Crippen molar-refractivity contribution in [2.24, 2.45) is 0 Å². The van der Waals surface area contributed by atoms with Crippen LogP contribution in [0, 0.1) is 11.3 Å². The van der Waals surface area contributed by atoms with Crippen molar-refractivity contribution in [1.29, 1.82) is 5.26 Å². The van der Waals surface area contributed by atoms with Gasteiger partial charge in [0, 0.05) is 6.61 Å². The topological polar surface area (TPSA) is 51.5 Å². The zero-order valence-electron chi connectivity index (χ0n) is 8.41. The number of nitrogens with zero attached hydrogens (tertiary/aromatic N) is 1. The molecule has 4 nitrogen and oxygen atoms in total. The molecule has 1 fully saturated rings. The molecule has 1 heterocycles. The Morgan fingerprint density at radius 2 is 2.29 bits per heavy atom. The number of hydrogen-bond acceptors (Lipinski definition) is 4. The van der Waals surface area contributed by atoms with Crippen LogP contribution < -0.4 is 0 Å². The van der Waals surface area contributed by atoms with E-state index in [1.54, 1.807) is 0 Å². The predicted octanol–water partition coefficient (Wildman–Crippen LogP) is 1.46. The van der Waals surface area contributed by atoms with E-state index in [2.05, 4.69) is 0 Å². The van der Waals surface area contributed by atoms with Crippen LogP contribution >= 0.6 is 0 Å². The molecule has 0 aromatic rings. The van der Waals surface area contributed by atoms with E-state index >= 15 is 0 Å². The maximum atomic E-state index is 8.20. The Kier molecular flexibility index (Phi) is 6.33. The van der Waals surface area contributed by atoms with E-state index in [0.717, 1.165) is 25.9 Å². The molecule has 80 valence electrons. The average molecular weight is 199 g/mol. The zero-order valence-corrected chi connectivity index (χ0v) is 8.41. The SMILES string of the molecule is N#CCOCCCOC1CCCCO1. The second-order valence-electron chi connectivity index (χ2n) is 3.23. The minimum Gasteiger partial charge on any atom is -0.366 e. The van der Waals surface area contributed by atoms with E-state index in [9.17, 15) is 0 Å². The number of hydrogen-bond donors (Lipinski definition) is 0. The summed E-state index contributed by atoms with van der Waals surface area (Å²) in [5.74, 6) is 0. The molecule has 0 bridgehead atoms. The van der Waals surface area contributed by atoms with Gasteiger partial charge in [-0.05, 0) is 25.7 Å². The minimum atomic E-state index is -0.0142. The minimum absolute atomic E-state index is 0.0142. The fourth-order valence-electron chi connectivity index (χ4n) is 1.34. The first kappa shape index (κ1) is 11.4. The molecule has 0 spiro atoms. The summed E-state index contributed by atoms with van der Waals surface area (Å²) in [5.41, 5.74) is 0. The fraction of sp³-hybridized carbons (Fsp3) is 0.900. The molecule has 4 heteroatoms. The molecule has 1 aliphatic rings. The van der Waals surface area contributed by atoms with Gasteiger partial charge in [0.25, 0.3) is 0 Å². The molecule has 1 unspecified atom stereocenters. The van der Waals surface area contributed by atoms with Gasteiger partial charge in [-0.15, -0.1) is 0 Å². The number of nitriles is 1. The lowest BCUT2D eigenvalue weighted by Gasteiger charge is -2.22. The summed E-state index contributed by atoms with van der Waals surface area (Å²) in [6.45, 7) is 2.21. The molecular formula is C10H17NO3. The fourth-order valence-corrected chi connectivity index (χ4v) is 1.34. The third kappa shape index (κ3) is 5.18. The van der Waals surface area contributed by atoms with Crippen molar-refractivity contribution in [3.63, 3.8) is 0 Å². The lowest BCUT2D eigenvalue weighted by molar-refractivity contribution is -0.163. The summed E-state index contributed by atoms with van der Waals surface area (Å²) in [6, 6.07) is 1.92. The standard InChI is InChI=1S/C10H17NO3/c11-5-9-12-6-3-8-14-10-4-1-2-7-13-10/h10H,1-4,6-9H2. The van der Waals surface area contributed by atoms with Gasteiger partial charge in [-0.1, -0.05) is 0 Å². The third-order valence-corrected chi connectivity index (χ3v) is 2.04. The quantitative estimate of drug-likeness (QED) is 0.608. The molecule has 1 saturated heterocycles. The Hall–Kier alpha value is -0.630. The molecule has 0 amide bonds. The van der Waals surface area contributed by atoms with Crippen LogP contribution in [0.3, 0.4) is 0 Å². The average Bonchev–Trinajstić information content (AvgIpc) is 2.25. The summed E-state index contributed by atoms with van der Waals surface area (Å²) < 4.78 is 15.9. The molecular weight excluding hydrogens is 182 g/mol. The van der Waals surface area contributed by atoms with E-state index in [4.69, 9.17) is 19.5 Å². The normalized spacial score (nSPS) is 21.8. The van der Waals surface area contributed by atoms with Crippen molar-refractivity contribution >= 4 is 0 Å². The molecule has 0 saturated carbocycles. The first-order valence-corrected chi connectivity index (χ1v) is 5.11. The second-order valence-corrected chi connectivity index (χ2v) is 3.23. The Morgan fingerprint density at radius 3 is 3.00 bits per heavy atom. The lowest BCUT2D eigenvalue weighted by Crippen LogP contribution is -2.23. The van der Waals surface area contributed by atoms with Crippen molar-refractivity contribution in [3.05, 3.63) is 0 Å². The van der Waals surface area contributed by atoms with Crippen LogP contribution in [-0.2, 0) is 14.2 Å². The van der Waals surface area contributed by atoms with Gasteiger partial charge >= 0.3 is 0 Å². The summed E-state index contributed by atoms with van der Waals surface area (Å²) >= 11 is 0. The molecule has 1 atom stereocenters. The van der Waals surface area contributed by atoms with Crippen LogP contribution in [-0.4, -0.2) is 32.7 Å². The molecule has 1 rings (SSSR count). The molecule has 0 radical (unpaired) electrons. The van der Waals surface area contributed by atoms with Gasteiger partial charge < -0.3 is 14.2 Å². The van der Waals surface area contributed by atoms with Crippen LogP contribution in [0.25, 0.3) is 0 Å². The van der Waals surface area contributed by atoms with Gasteiger partial charge in [0.05, 0.1) is 19.3 Å². The Morgan fingerprint density at radius 1 is 1.36 bits per heavy atom. The second kappa shape index (κ2) is 7.74. The molecule has 0 aromatic heterocycles. The van der Waals surface area contributed by atoms with Gasteiger partial charge in [0.15, 0.2) is 6.29 Å². The van der Waals surface area contributed by atoms with Crippen molar-refractivity contribution in [1.82, 2.24) is 0 Å². The van der Waals surface area contributed by atoms with Crippen molar-refractivity contribution < 1.29 is 14.2 Å². The van der Waals surface area contributed by atoms with Gasteiger partial charge in [-0.3, -0.25) is 0 Å². The maximum Gasteiger partial charge on any atom is 0.157 e. The van der Waals surface area contributed by atoms with Crippen molar-refractivity contribution in [2.45, 2.75) is 32.0 Å². The van der Waals surface area contributed by atoms with E-state index in [1.165, 1.54) is 6.42 Å². The molecule has 1 aliphatic heterocycles. The van der Waals surface area contributed by atoms with Gasteiger partial charge in [0.2, 0.25) is 0 Å². The largest absolute Gasteiger partial charge is 0.366 e. The highest BCUT2D eigenvalue weighted by atomic mass is 16.7. The smallest absolute Gasteiger partial charge is 0.157 e.